The van der Waals surface area contributed by atoms with E-state index in [4.69, 9.17) is 4.98 Å². The Morgan fingerprint density at radius 3 is 2.38 bits per heavy atom. The molecule has 16 heavy (non-hydrogen) atoms. The van der Waals surface area contributed by atoms with Crippen LogP contribution in [-0.4, -0.2) is 11.5 Å². The van der Waals surface area contributed by atoms with Gasteiger partial charge in [-0.25, -0.2) is 4.98 Å². The summed E-state index contributed by atoms with van der Waals surface area (Å²) in [6.07, 6.45) is 1.06. The topological polar surface area (TPSA) is 24.9 Å². The fourth-order valence-electron chi connectivity index (χ4n) is 1.67. The molecule has 0 aliphatic heterocycles. The molecule has 0 aliphatic rings. The Labute approximate surface area is 103 Å². The quantitative estimate of drug-likeness (QED) is 0.870. The van der Waals surface area contributed by atoms with Crippen LogP contribution in [0.15, 0.2) is 5.38 Å². The van der Waals surface area contributed by atoms with E-state index in [1.165, 1.54) is 10.7 Å². The molecule has 0 saturated heterocycles. The van der Waals surface area contributed by atoms with Crippen LogP contribution in [0.25, 0.3) is 0 Å². The van der Waals surface area contributed by atoms with Gasteiger partial charge in [0.1, 0.15) is 0 Å². The van der Waals surface area contributed by atoms with Crippen molar-refractivity contribution >= 4 is 11.3 Å². The zero-order valence-corrected chi connectivity index (χ0v) is 12.2. The molecule has 0 spiro atoms. The smallest absolute Gasteiger partial charge is 0.0934 e. The van der Waals surface area contributed by atoms with E-state index in [0.717, 1.165) is 13.0 Å². The molecule has 3 heteroatoms. The molecule has 0 aromatic carbocycles. The predicted molar refractivity (Wildman–Crippen MR) is 72.0 cm³/mol. The summed E-state index contributed by atoms with van der Waals surface area (Å²) in [4.78, 5) is 4.74. The molecule has 0 aliphatic carbocycles. The maximum atomic E-state index is 4.74. The first kappa shape index (κ1) is 13.7. The minimum absolute atomic E-state index is 0.0125. The fraction of sp³-hybridized carbons (Fsp3) is 0.769. The van der Waals surface area contributed by atoms with E-state index in [0.29, 0.717) is 5.41 Å². The molecule has 1 heterocycles. The third kappa shape index (κ3) is 3.87. The van der Waals surface area contributed by atoms with Crippen molar-refractivity contribution in [1.29, 1.82) is 0 Å². The van der Waals surface area contributed by atoms with Crippen LogP contribution in [0.3, 0.4) is 0 Å². The van der Waals surface area contributed by atoms with Crippen LogP contribution in [-0.2, 0) is 12.0 Å². The highest BCUT2D eigenvalue weighted by atomic mass is 32.1. The van der Waals surface area contributed by atoms with Crippen LogP contribution in [0.5, 0.6) is 0 Å². The maximum Gasteiger partial charge on any atom is 0.0934 e. The number of hydrogen-bond donors (Lipinski definition) is 1. The largest absolute Gasteiger partial charge is 0.307 e. The zero-order chi connectivity index (χ0) is 12.4. The summed E-state index contributed by atoms with van der Waals surface area (Å²) in [6, 6.07) is 0. The highest BCUT2D eigenvalue weighted by Gasteiger charge is 2.23. The second-order valence-electron chi connectivity index (χ2n) is 6.02. The van der Waals surface area contributed by atoms with Crippen molar-refractivity contribution in [2.45, 2.75) is 53.5 Å². The molecule has 0 atom stereocenters. The van der Waals surface area contributed by atoms with E-state index in [-0.39, 0.29) is 5.54 Å². The van der Waals surface area contributed by atoms with E-state index in [1.807, 2.05) is 0 Å². The number of aromatic nitrogens is 1. The predicted octanol–water partition coefficient (Wildman–Crippen LogP) is 3.58. The van der Waals surface area contributed by atoms with Crippen LogP contribution in [0.2, 0.25) is 0 Å². The van der Waals surface area contributed by atoms with Crippen molar-refractivity contribution in [3.63, 3.8) is 0 Å². The van der Waals surface area contributed by atoms with Crippen molar-refractivity contribution < 1.29 is 0 Å². The lowest BCUT2D eigenvalue weighted by Crippen LogP contribution is -2.36. The number of nitrogens with one attached hydrogen (secondary N) is 1. The molecule has 1 N–H and O–H groups in total. The van der Waals surface area contributed by atoms with Crippen LogP contribution < -0.4 is 5.32 Å². The Kier molecular flexibility index (Phi) is 4.13. The van der Waals surface area contributed by atoms with E-state index in [2.05, 4.69) is 52.2 Å². The van der Waals surface area contributed by atoms with Crippen LogP contribution in [0.4, 0.5) is 0 Å². The van der Waals surface area contributed by atoms with E-state index < -0.39 is 0 Å². The lowest BCUT2D eigenvalue weighted by molar-refractivity contribution is 0.394. The van der Waals surface area contributed by atoms with Gasteiger partial charge in [-0.1, -0.05) is 27.7 Å². The Balaban J connectivity index is 2.79. The molecule has 2 nitrogen and oxygen atoms in total. The van der Waals surface area contributed by atoms with Gasteiger partial charge in [0, 0.05) is 11.8 Å². The minimum Gasteiger partial charge on any atom is -0.307 e. The normalized spacial score (nSPS) is 13.1. The standard InChI is InChI=1S/C13H24N2S/c1-7-14-13(5,6)10-9-16-11(15-10)8-12(2,3)4/h9,14H,7-8H2,1-6H3. The summed E-state index contributed by atoms with van der Waals surface area (Å²) in [5.41, 5.74) is 1.47. The SMILES string of the molecule is CCNC(C)(C)c1csc(CC(C)(C)C)n1. The molecule has 0 radical (unpaired) electrons. The van der Waals surface area contributed by atoms with Gasteiger partial charge >= 0.3 is 0 Å². The molecule has 1 aromatic heterocycles. The van der Waals surface area contributed by atoms with Gasteiger partial charge in [-0.3, -0.25) is 0 Å². The number of hydrogen-bond acceptors (Lipinski definition) is 3. The lowest BCUT2D eigenvalue weighted by atomic mass is 9.93. The zero-order valence-electron chi connectivity index (χ0n) is 11.3. The molecule has 0 saturated carbocycles. The van der Waals surface area contributed by atoms with Gasteiger partial charge in [0.15, 0.2) is 0 Å². The van der Waals surface area contributed by atoms with Gasteiger partial charge in [0.25, 0.3) is 0 Å². The van der Waals surface area contributed by atoms with Gasteiger partial charge in [-0.15, -0.1) is 11.3 Å². The van der Waals surface area contributed by atoms with E-state index in [1.54, 1.807) is 11.3 Å². The summed E-state index contributed by atoms with van der Waals surface area (Å²) < 4.78 is 0. The third-order valence-electron chi connectivity index (χ3n) is 2.49. The molecule has 1 aromatic rings. The Morgan fingerprint density at radius 2 is 1.88 bits per heavy atom. The maximum absolute atomic E-state index is 4.74. The molecule has 0 amide bonds. The first-order valence-corrected chi connectivity index (χ1v) is 6.82. The monoisotopic (exact) mass is 240 g/mol. The van der Waals surface area contributed by atoms with E-state index >= 15 is 0 Å². The molecule has 0 unspecified atom stereocenters. The van der Waals surface area contributed by atoms with Crippen molar-refractivity contribution in [2.24, 2.45) is 5.41 Å². The lowest BCUT2D eigenvalue weighted by Gasteiger charge is -2.23. The first-order chi connectivity index (χ1) is 7.24. The summed E-state index contributed by atoms with van der Waals surface area (Å²) in [7, 11) is 0. The Morgan fingerprint density at radius 1 is 1.25 bits per heavy atom. The first-order valence-electron chi connectivity index (χ1n) is 5.94. The molecule has 0 bridgehead atoms. The molecule has 92 valence electrons. The molecule has 0 fully saturated rings. The highest BCUT2D eigenvalue weighted by Crippen LogP contribution is 2.26. The summed E-state index contributed by atoms with van der Waals surface area (Å²) >= 11 is 1.78. The number of nitrogens with zero attached hydrogens (tertiary/aromatic N) is 1. The summed E-state index contributed by atoms with van der Waals surface area (Å²) in [5.74, 6) is 0. The summed E-state index contributed by atoms with van der Waals surface area (Å²) in [5, 5.41) is 6.89. The van der Waals surface area contributed by atoms with Gasteiger partial charge < -0.3 is 5.32 Å². The molecular weight excluding hydrogens is 216 g/mol. The van der Waals surface area contributed by atoms with Crippen molar-refractivity contribution in [3.05, 3.63) is 16.1 Å². The second-order valence-corrected chi connectivity index (χ2v) is 6.96. The molecular formula is C13H24N2S. The van der Waals surface area contributed by atoms with Gasteiger partial charge in [-0.05, 0) is 25.8 Å². The van der Waals surface area contributed by atoms with Crippen molar-refractivity contribution in [2.75, 3.05) is 6.54 Å². The van der Waals surface area contributed by atoms with Crippen molar-refractivity contribution in [3.8, 4) is 0 Å². The van der Waals surface area contributed by atoms with E-state index in [9.17, 15) is 0 Å². The minimum atomic E-state index is -0.0125. The molecule has 1 rings (SSSR count). The van der Waals surface area contributed by atoms with Gasteiger partial charge in [0.05, 0.1) is 16.2 Å². The second kappa shape index (κ2) is 4.84. The fourth-order valence-corrected chi connectivity index (χ4v) is 2.93. The Bertz CT molecular complexity index is 334. The van der Waals surface area contributed by atoms with Crippen LogP contribution >= 0.6 is 11.3 Å². The number of thiazole rings is 1. The average molecular weight is 240 g/mol. The highest BCUT2D eigenvalue weighted by molar-refractivity contribution is 7.09. The third-order valence-corrected chi connectivity index (χ3v) is 3.34. The van der Waals surface area contributed by atoms with Gasteiger partial charge in [-0.2, -0.15) is 0 Å². The average Bonchev–Trinajstić information content (AvgIpc) is 2.49. The summed E-state index contributed by atoms with van der Waals surface area (Å²) in [6.45, 7) is 14.2. The van der Waals surface area contributed by atoms with Crippen molar-refractivity contribution in [1.82, 2.24) is 10.3 Å². The van der Waals surface area contributed by atoms with Gasteiger partial charge in [0.2, 0.25) is 0 Å². The number of rotatable bonds is 4. The van der Waals surface area contributed by atoms with Crippen LogP contribution in [0.1, 0.15) is 52.2 Å². The Hall–Kier alpha value is -0.410. The van der Waals surface area contributed by atoms with Crippen LogP contribution in [0, 0.1) is 5.41 Å².